The Bertz CT molecular complexity index is 642. The van der Waals surface area contributed by atoms with Gasteiger partial charge < -0.3 is 4.52 Å². The van der Waals surface area contributed by atoms with Crippen LogP contribution in [0.15, 0.2) is 21.7 Å². The second-order valence-corrected chi connectivity index (χ2v) is 6.93. The lowest BCUT2D eigenvalue weighted by molar-refractivity contribution is 0.431. The van der Waals surface area contributed by atoms with Crippen molar-refractivity contribution in [1.82, 2.24) is 9.88 Å². The molecule has 2 heterocycles. The molecule has 18 heavy (non-hydrogen) atoms. The summed E-state index contributed by atoms with van der Waals surface area (Å²) < 4.78 is 32.0. The van der Waals surface area contributed by atoms with Gasteiger partial charge in [-0.3, -0.25) is 0 Å². The van der Waals surface area contributed by atoms with E-state index in [1.807, 2.05) is 6.92 Å². The molecule has 0 spiro atoms. The monoisotopic (exact) mass is 286 g/mol. The largest absolute Gasteiger partial charge is 0.356 e. The van der Waals surface area contributed by atoms with Gasteiger partial charge in [-0.05, 0) is 13.8 Å². The predicted octanol–water partition coefficient (Wildman–Crippen LogP) is 2.32. The molecule has 0 saturated heterocycles. The van der Waals surface area contributed by atoms with Gasteiger partial charge in [-0.25, -0.2) is 13.1 Å². The summed E-state index contributed by atoms with van der Waals surface area (Å²) in [6, 6.07) is 1.67. The molecule has 0 aromatic carbocycles. The first-order valence-corrected chi connectivity index (χ1v) is 7.78. The van der Waals surface area contributed by atoms with Gasteiger partial charge in [0.05, 0.1) is 11.8 Å². The molecule has 0 bridgehead atoms. The minimum atomic E-state index is -3.50. The molecule has 0 aliphatic carbocycles. The molecule has 0 amide bonds. The first-order chi connectivity index (χ1) is 8.47. The number of aromatic nitrogens is 1. The number of thiophene rings is 1. The number of sulfonamides is 1. The summed E-state index contributed by atoms with van der Waals surface area (Å²) in [4.78, 5) is 1.95. The summed E-state index contributed by atoms with van der Waals surface area (Å²) >= 11 is 1.44. The number of nitrogens with zero attached hydrogens (tertiary/aromatic N) is 1. The highest BCUT2D eigenvalue weighted by atomic mass is 32.2. The average Bonchev–Trinajstić information content (AvgIpc) is 2.85. The van der Waals surface area contributed by atoms with E-state index in [9.17, 15) is 8.42 Å². The summed E-state index contributed by atoms with van der Waals surface area (Å²) in [5, 5.41) is 3.63. The van der Waals surface area contributed by atoms with Gasteiger partial charge in [0, 0.05) is 22.4 Å². The molecule has 2 aromatic rings. The molecular formula is C11H14N2O3S2. The second-order valence-electron chi connectivity index (χ2n) is 3.80. The maximum Gasteiger partial charge on any atom is 0.242 e. The minimum Gasteiger partial charge on any atom is -0.356 e. The van der Waals surface area contributed by atoms with Crippen LogP contribution >= 0.6 is 11.3 Å². The lowest BCUT2D eigenvalue weighted by Crippen LogP contribution is -2.23. The van der Waals surface area contributed by atoms with Crippen LogP contribution in [0, 0.1) is 13.8 Å². The van der Waals surface area contributed by atoms with E-state index in [1.165, 1.54) is 17.5 Å². The summed E-state index contributed by atoms with van der Waals surface area (Å²) in [6.07, 6.45) is 1.51. The molecule has 98 valence electrons. The zero-order valence-electron chi connectivity index (χ0n) is 10.4. The van der Waals surface area contributed by atoms with Gasteiger partial charge in [-0.15, -0.1) is 11.3 Å². The van der Waals surface area contributed by atoms with Crippen molar-refractivity contribution in [1.29, 1.82) is 0 Å². The maximum atomic E-state index is 12.2. The van der Waals surface area contributed by atoms with Gasteiger partial charge in [-0.2, -0.15) is 0 Å². The normalized spacial score (nSPS) is 11.9. The Morgan fingerprint density at radius 2 is 2.11 bits per heavy atom. The van der Waals surface area contributed by atoms with E-state index >= 15 is 0 Å². The van der Waals surface area contributed by atoms with Crippen LogP contribution in [0.5, 0.6) is 0 Å². The van der Waals surface area contributed by atoms with E-state index in [4.69, 9.17) is 4.52 Å². The number of rotatable bonds is 4. The second kappa shape index (κ2) is 4.83. The first kappa shape index (κ1) is 13.3. The third-order valence-corrected chi connectivity index (χ3v) is 5.36. The van der Waals surface area contributed by atoms with Crippen molar-refractivity contribution in [2.24, 2.45) is 0 Å². The van der Waals surface area contributed by atoms with Crippen LogP contribution < -0.4 is 4.72 Å². The van der Waals surface area contributed by atoms with Crippen molar-refractivity contribution >= 4 is 21.4 Å². The highest BCUT2D eigenvalue weighted by Gasteiger charge is 2.27. The van der Waals surface area contributed by atoms with Crippen LogP contribution in [-0.2, 0) is 10.0 Å². The fourth-order valence-corrected chi connectivity index (χ4v) is 4.78. The quantitative estimate of drug-likeness (QED) is 0.936. The van der Waals surface area contributed by atoms with Crippen molar-refractivity contribution in [3.8, 4) is 11.3 Å². The van der Waals surface area contributed by atoms with Crippen molar-refractivity contribution in [2.45, 2.75) is 25.7 Å². The Morgan fingerprint density at radius 1 is 1.39 bits per heavy atom. The van der Waals surface area contributed by atoms with E-state index in [-0.39, 0.29) is 0 Å². The zero-order chi connectivity index (χ0) is 13.3. The molecule has 2 aromatic heterocycles. The third-order valence-electron chi connectivity index (χ3n) is 2.49. The average molecular weight is 286 g/mol. The Balaban J connectivity index is 2.68. The number of aryl methyl sites for hydroxylation is 2. The van der Waals surface area contributed by atoms with Gasteiger partial charge >= 0.3 is 0 Å². The van der Waals surface area contributed by atoms with E-state index in [2.05, 4.69) is 9.88 Å². The van der Waals surface area contributed by atoms with Gasteiger partial charge in [0.2, 0.25) is 10.0 Å². The number of hydrogen-bond acceptors (Lipinski definition) is 5. The van der Waals surface area contributed by atoms with E-state index < -0.39 is 10.0 Å². The van der Waals surface area contributed by atoms with Crippen LogP contribution in [-0.4, -0.2) is 20.1 Å². The molecule has 0 aliphatic heterocycles. The van der Waals surface area contributed by atoms with Crippen molar-refractivity contribution in [3.05, 3.63) is 22.0 Å². The standard InChI is InChI=1S/C11H14N2O3S2/c1-4-13-18(14,15)11-8(3)17-7(2)10(11)9-5-6-12-16-9/h5-6,13H,4H2,1-3H3. The maximum absolute atomic E-state index is 12.2. The molecule has 1 N–H and O–H groups in total. The predicted molar refractivity (Wildman–Crippen MR) is 70.2 cm³/mol. The molecule has 0 unspecified atom stereocenters. The number of nitrogens with one attached hydrogen (secondary N) is 1. The smallest absolute Gasteiger partial charge is 0.242 e. The fourth-order valence-electron chi connectivity index (χ4n) is 1.88. The molecule has 0 saturated carbocycles. The molecule has 0 fully saturated rings. The summed E-state index contributed by atoms with van der Waals surface area (Å²) in [5.74, 6) is 0.480. The van der Waals surface area contributed by atoms with Crippen LogP contribution in [0.4, 0.5) is 0 Å². The molecule has 2 rings (SSSR count). The van der Waals surface area contributed by atoms with Crippen molar-refractivity contribution in [2.75, 3.05) is 6.54 Å². The van der Waals surface area contributed by atoms with Crippen LogP contribution in [0.1, 0.15) is 16.7 Å². The Hall–Kier alpha value is -1.18. The van der Waals surface area contributed by atoms with Crippen molar-refractivity contribution < 1.29 is 12.9 Å². The SMILES string of the molecule is CCNS(=O)(=O)c1c(C)sc(C)c1-c1ccno1. The Kier molecular flexibility index (Phi) is 3.56. The highest BCUT2D eigenvalue weighted by Crippen LogP contribution is 2.38. The van der Waals surface area contributed by atoms with Gasteiger partial charge in [0.1, 0.15) is 4.90 Å². The molecule has 0 aliphatic rings. The van der Waals surface area contributed by atoms with E-state index in [0.717, 1.165) is 9.75 Å². The van der Waals surface area contributed by atoms with Crippen LogP contribution in [0.2, 0.25) is 0 Å². The summed E-state index contributed by atoms with van der Waals surface area (Å²) in [7, 11) is -3.50. The summed E-state index contributed by atoms with van der Waals surface area (Å²) in [6.45, 7) is 5.77. The van der Waals surface area contributed by atoms with Crippen LogP contribution in [0.25, 0.3) is 11.3 Å². The lowest BCUT2D eigenvalue weighted by Gasteiger charge is -2.06. The van der Waals surface area contributed by atoms with Gasteiger partial charge in [-0.1, -0.05) is 12.1 Å². The molecule has 7 heteroatoms. The minimum absolute atomic E-state index is 0.295. The molecule has 0 radical (unpaired) electrons. The summed E-state index contributed by atoms with van der Waals surface area (Å²) in [5.41, 5.74) is 0.607. The van der Waals surface area contributed by atoms with Gasteiger partial charge in [0.25, 0.3) is 0 Å². The molecule has 5 nitrogen and oxygen atoms in total. The van der Waals surface area contributed by atoms with E-state index in [0.29, 0.717) is 22.8 Å². The van der Waals surface area contributed by atoms with E-state index in [1.54, 1.807) is 19.9 Å². The molecular weight excluding hydrogens is 272 g/mol. The first-order valence-electron chi connectivity index (χ1n) is 5.48. The fraction of sp³-hybridized carbons (Fsp3) is 0.364. The lowest BCUT2D eigenvalue weighted by atomic mass is 10.2. The number of hydrogen-bond donors (Lipinski definition) is 1. The zero-order valence-corrected chi connectivity index (χ0v) is 12.0. The third kappa shape index (κ3) is 2.21. The Morgan fingerprint density at radius 3 is 2.67 bits per heavy atom. The van der Waals surface area contributed by atoms with Gasteiger partial charge in [0.15, 0.2) is 5.76 Å². The van der Waals surface area contributed by atoms with Crippen molar-refractivity contribution in [3.63, 3.8) is 0 Å². The molecule has 0 atom stereocenters. The highest BCUT2D eigenvalue weighted by molar-refractivity contribution is 7.89. The Labute approximate surface area is 110 Å². The topological polar surface area (TPSA) is 72.2 Å². The van der Waals surface area contributed by atoms with Crippen LogP contribution in [0.3, 0.4) is 0 Å².